The fraction of sp³-hybridized carbons (Fsp3) is 0.905. The second-order valence-corrected chi connectivity index (χ2v) is 9.57. The molecule has 2 heteroatoms. The molecule has 0 spiro atoms. The Balaban J connectivity index is 1.70. The zero-order valence-electron chi connectivity index (χ0n) is 15.1. The predicted octanol–water partition coefficient (Wildman–Crippen LogP) is 4.45. The van der Waals surface area contributed by atoms with Crippen molar-refractivity contribution in [2.75, 3.05) is 0 Å². The minimum atomic E-state index is -0.163. The van der Waals surface area contributed by atoms with Gasteiger partial charge in [-0.15, -0.1) is 0 Å². The number of rotatable bonds is 1. The zero-order valence-corrected chi connectivity index (χ0v) is 15.1. The summed E-state index contributed by atoms with van der Waals surface area (Å²) in [5.74, 6) is 1.90. The highest BCUT2D eigenvalue weighted by Crippen LogP contribution is 2.65. The lowest BCUT2D eigenvalue weighted by Gasteiger charge is -2.55. The van der Waals surface area contributed by atoms with Gasteiger partial charge in [-0.2, -0.15) is 0 Å². The minimum Gasteiger partial charge on any atom is -0.393 e. The summed E-state index contributed by atoms with van der Waals surface area (Å²) in [6, 6.07) is 0. The second kappa shape index (κ2) is 5.33. The molecule has 2 fully saturated rings. The standard InChI is InChI=1S/C21H34O2/c1-13(22)17-6-7-18-16-5-4-14-12-15(23)8-10-20(14,2)19(16)9-11-21(17,18)3/h13-15,17-18,22-23H,4-12H2,1-3H3/t13?,14-,15-,17-,18+,20+,21-/m1/s1. The molecule has 0 aromatic carbocycles. The third-order valence-corrected chi connectivity index (χ3v) is 8.62. The van der Waals surface area contributed by atoms with Crippen LogP contribution in [0, 0.1) is 28.6 Å². The van der Waals surface area contributed by atoms with Crippen LogP contribution in [0.2, 0.25) is 0 Å². The maximum atomic E-state index is 10.3. The first-order chi connectivity index (χ1) is 10.9. The number of aliphatic hydroxyl groups is 2. The topological polar surface area (TPSA) is 40.5 Å². The van der Waals surface area contributed by atoms with Gasteiger partial charge in [0.2, 0.25) is 0 Å². The number of allylic oxidation sites excluding steroid dienone is 2. The summed E-state index contributed by atoms with van der Waals surface area (Å²) in [5.41, 5.74) is 4.26. The van der Waals surface area contributed by atoms with Crippen LogP contribution in [-0.2, 0) is 0 Å². The fourth-order valence-corrected chi connectivity index (χ4v) is 7.27. The van der Waals surface area contributed by atoms with E-state index in [-0.39, 0.29) is 12.2 Å². The first kappa shape index (κ1) is 16.1. The van der Waals surface area contributed by atoms with Crippen molar-refractivity contribution in [1.29, 1.82) is 0 Å². The Labute approximate surface area is 141 Å². The van der Waals surface area contributed by atoms with Crippen molar-refractivity contribution in [2.45, 2.75) is 90.8 Å². The monoisotopic (exact) mass is 318 g/mol. The van der Waals surface area contributed by atoms with Crippen LogP contribution in [0.4, 0.5) is 0 Å². The molecule has 4 aliphatic carbocycles. The van der Waals surface area contributed by atoms with Crippen molar-refractivity contribution in [3.05, 3.63) is 11.1 Å². The van der Waals surface area contributed by atoms with Crippen molar-refractivity contribution < 1.29 is 10.2 Å². The third kappa shape index (κ3) is 2.20. The molecule has 130 valence electrons. The molecular formula is C21H34O2. The quantitative estimate of drug-likeness (QED) is 0.701. The highest BCUT2D eigenvalue weighted by molar-refractivity contribution is 5.34. The molecule has 0 radical (unpaired) electrons. The van der Waals surface area contributed by atoms with E-state index in [0.717, 1.165) is 18.8 Å². The smallest absolute Gasteiger partial charge is 0.0545 e. The Kier molecular flexibility index (Phi) is 3.74. The molecule has 0 aromatic heterocycles. The Hall–Kier alpha value is -0.340. The minimum absolute atomic E-state index is 0.0600. The lowest BCUT2D eigenvalue weighted by molar-refractivity contribution is 0.00367. The van der Waals surface area contributed by atoms with E-state index in [1.807, 2.05) is 6.92 Å². The van der Waals surface area contributed by atoms with Gasteiger partial charge in [0, 0.05) is 0 Å². The molecule has 0 heterocycles. The molecule has 4 rings (SSSR count). The van der Waals surface area contributed by atoms with Crippen molar-refractivity contribution >= 4 is 0 Å². The molecule has 2 saturated carbocycles. The largest absolute Gasteiger partial charge is 0.393 e. The summed E-state index contributed by atoms with van der Waals surface area (Å²) in [6.45, 7) is 6.97. The lowest BCUT2D eigenvalue weighted by atomic mass is 9.51. The number of fused-ring (bicyclic) bond motifs is 4. The van der Waals surface area contributed by atoms with Crippen LogP contribution in [0.5, 0.6) is 0 Å². The van der Waals surface area contributed by atoms with Crippen LogP contribution >= 0.6 is 0 Å². The SMILES string of the molecule is CC(O)[C@H]1CC[C@H]2C3=C(CC[C@]12C)[C@@]1(C)CC[C@@H](O)C[C@H]1CC3. The summed E-state index contributed by atoms with van der Waals surface area (Å²) in [4.78, 5) is 0. The predicted molar refractivity (Wildman–Crippen MR) is 93.0 cm³/mol. The van der Waals surface area contributed by atoms with E-state index < -0.39 is 0 Å². The van der Waals surface area contributed by atoms with E-state index >= 15 is 0 Å². The van der Waals surface area contributed by atoms with Crippen LogP contribution in [0.25, 0.3) is 0 Å². The van der Waals surface area contributed by atoms with Gasteiger partial charge in [0.05, 0.1) is 12.2 Å². The van der Waals surface area contributed by atoms with Gasteiger partial charge in [-0.25, -0.2) is 0 Å². The molecule has 0 aliphatic heterocycles. The Morgan fingerprint density at radius 1 is 1.04 bits per heavy atom. The van der Waals surface area contributed by atoms with E-state index in [2.05, 4.69) is 13.8 Å². The van der Waals surface area contributed by atoms with E-state index in [4.69, 9.17) is 0 Å². The second-order valence-electron chi connectivity index (χ2n) is 9.57. The number of hydrogen-bond acceptors (Lipinski definition) is 2. The molecule has 2 N–H and O–H groups in total. The van der Waals surface area contributed by atoms with Crippen molar-refractivity contribution in [3.8, 4) is 0 Å². The zero-order chi connectivity index (χ0) is 16.4. The average Bonchev–Trinajstić information content (AvgIpc) is 2.85. The summed E-state index contributed by atoms with van der Waals surface area (Å²) >= 11 is 0. The Bertz CT molecular complexity index is 522. The van der Waals surface area contributed by atoms with Gasteiger partial charge in [-0.1, -0.05) is 25.0 Å². The summed E-state index contributed by atoms with van der Waals surface area (Å²) in [6.07, 6.45) is 10.5. The van der Waals surface area contributed by atoms with Crippen LogP contribution in [0.1, 0.15) is 78.6 Å². The van der Waals surface area contributed by atoms with Gasteiger partial charge in [0.15, 0.2) is 0 Å². The molecule has 0 saturated heterocycles. The molecule has 0 bridgehead atoms. The number of aliphatic hydroxyl groups excluding tert-OH is 2. The lowest BCUT2D eigenvalue weighted by Crippen LogP contribution is -2.46. The average molecular weight is 319 g/mol. The molecule has 7 atom stereocenters. The maximum Gasteiger partial charge on any atom is 0.0545 e. The van der Waals surface area contributed by atoms with E-state index in [1.54, 1.807) is 11.1 Å². The number of hydrogen-bond donors (Lipinski definition) is 2. The van der Waals surface area contributed by atoms with Crippen molar-refractivity contribution in [3.63, 3.8) is 0 Å². The third-order valence-electron chi connectivity index (χ3n) is 8.62. The van der Waals surface area contributed by atoms with Gasteiger partial charge in [-0.05, 0) is 93.3 Å². The molecule has 1 unspecified atom stereocenters. The van der Waals surface area contributed by atoms with E-state index in [0.29, 0.717) is 22.7 Å². The highest BCUT2D eigenvalue weighted by Gasteiger charge is 2.55. The maximum absolute atomic E-state index is 10.3. The molecule has 0 amide bonds. The normalized spacial score (nSPS) is 51.0. The Morgan fingerprint density at radius 2 is 1.83 bits per heavy atom. The summed E-state index contributed by atoms with van der Waals surface area (Å²) < 4.78 is 0. The molecular weight excluding hydrogens is 284 g/mol. The van der Waals surface area contributed by atoms with Crippen LogP contribution < -0.4 is 0 Å². The van der Waals surface area contributed by atoms with Crippen LogP contribution in [-0.4, -0.2) is 22.4 Å². The van der Waals surface area contributed by atoms with E-state index in [1.165, 1.54) is 44.9 Å². The Morgan fingerprint density at radius 3 is 2.57 bits per heavy atom. The molecule has 4 aliphatic rings. The molecule has 23 heavy (non-hydrogen) atoms. The van der Waals surface area contributed by atoms with Crippen molar-refractivity contribution in [2.24, 2.45) is 28.6 Å². The van der Waals surface area contributed by atoms with E-state index in [9.17, 15) is 10.2 Å². The fourth-order valence-electron chi connectivity index (χ4n) is 7.27. The first-order valence-corrected chi connectivity index (χ1v) is 9.95. The summed E-state index contributed by atoms with van der Waals surface area (Å²) in [5, 5.41) is 20.4. The van der Waals surface area contributed by atoms with Gasteiger partial charge < -0.3 is 10.2 Å². The van der Waals surface area contributed by atoms with Gasteiger partial charge in [0.1, 0.15) is 0 Å². The van der Waals surface area contributed by atoms with Gasteiger partial charge in [-0.3, -0.25) is 0 Å². The van der Waals surface area contributed by atoms with Crippen LogP contribution in [0.15, 0.2) is 11.1 Å². The molecule has 0 aromatic rings. The van der Waals surface area contributed by atoms with Crippen LogP contribution in [0.3, 0.4) is 0 Å². The van der Waals surface area contributed by atoms with Crippen molar-refractivity contribution in [1.82, 2.24) is 0 Å². The summed E-state index contributed by atoms with van der Waals surface area (Å²) in [7, 11) is 0. The van der Waals surface area contributed by atoms with Gasteiger partial charge >= 0.3 is 0 Å². The first-order valence-electron chi connectivity index (χ1n) is 9.95. The van der Waals surface area contributed by atoms with Gasteiger partial charge in [0.25, 0.3) is 0 Å². The molecule has 2 nitrogen and oxygen atoms in total. The highest BCUT2D eigenvalue weighted by atomic mass is 16.3.